The number of methoxy groups -OCH3 is 1. The predicted molar refractivity (Wildman–Crippen MR) is 94.1 cm³/mol. The van der Waals surface area contributed by atoms with Crippen molar-refractivity contribution >= 4 is 69.8 Å². The number of hydrogen-bond acceptors (Lipinski definition) is 3. The summed E-state index contributed by atoms with van der Waals surface area (Å²) >= 11 is 29.7. The second kappa shape index (κ2) is 7.69. The highest BCUT2D eigenvalue weighted by atomic mass is 35.5. The van der Waals surface area contributed by atoms with Gasteiger partial charge in [0.15, 0.2) is 5.75 Å². The SMILES string of the molecule is COc1ccccc1NC(=O)Oc1c(Cl)c(Cl)c(Cl)c(Cl)c1Cl. The Morgan fingerprint density at radius 2 is 1.43 bits per heavy atom. The quantitative estimate of drug-likeness (QED) is 0.455. The van der Waals surface area contributed by atoms with Gasteiger partial charge < -0.3 is 9.47 Å². The third kappa shape index (κ3) is 3.90. The summed E-state index contributed by atoms with van der Waals surface area (Å²) < 4.78 is 10.2. The molecule has 2 aromatic carbocycles. The summed E-state index contributed by atoms with van der Waals surface area (Å²) in [6.45, 7) is 0. The number of anilines is 1. The Morgan fingerprint density at radius 1 is 0.913 bits per heavy atom. The van der Waals surface area contributed by atoms with Crippen molar-refractivity contribution in [3.05, 3.63) is 49.4 Å². The Bertz CT molecular complexity index is 737. The summed E-state index contributed by atoms with van der Waals surface area (Å²) in [6.07, 6.45) is -0.854. The first-order valence-corrected chi connectivity index (χ1v) is 7.89. The van der Waals surface area contributed by atoms with Crippen LogP contribution in [0.1, 0.15) is 0 Å². The molecule has 23 heavy (non-hydrogen) atoms. The molecule has 0 aliphatic heterocycles. The summed E-state index contributed by atoms with van der Waals surface area (Å²) in [5, 5.41) is 2.09. The number of halogens is 5. The minimum absolute atomic E-state index is 0.0270. The van der Waals surface area contributed by atoms with E-state index in [1.165, 1.54) is 7.11 Å². The molecule has 0 aliphatic rings. The molecule has 122 valence electrons. The molecule has 0 heterocycles. The van der Waals surface area contributed by atoms with Crippen LogP contribution in [0, 0.1) is 0 Å². The average molecular weight is 415 g/mol. The molecule has 0 saturated carbocycles. The van der Waals surface area contributed by atoms with Crippen molar-refractivity contribution < 1.29 is 14.3 Å². The molecule has 0 aliphatic carbocycles. The number of hydrogen-bond donors (Lipinski definition) is 1. The second-order valence-electron chi connectivity index (χ2n) is 4.11. The molecule has 2 aromatic rings. The molecule has 2 rings (SSSR count). The van der Waals surface area contributed by atoms with E-state index in [1.54, 1.807) is 24.3 Å². The van der Waals surface area contributed by atoms with Crippen molar-refractivity contribution in [3.8, 4) is 11.5 Å². The maximum atomic E-state index is 12.0. The molecule has 0 saturated heterocycles. The lowest BCUT2D eigenvalue weighted by Gasteiger charge is -2.14. The standard InChI is InChI=1S/C14H8Cl5NO3/c1-22-7-5-3-2-4-6(7)20-14(21)23-13-11(18)9(16)8(15)10(17)12(13)19/h2-5H,1H3,(H,20,21). The fourth-order valence-electron chi connectivity index (χ4n) is 1.65. The fraction of sp³-hybridized carbons (Fsp3) is 0.0714. The third-order valence-electron chi connectivity index (χ3n) is 2.71. The highest BCUT2D eigenvalue weighted by Gasteiger charge is 2.23. The Hall–Kier alpha value is -1.04. The van der Waals surface area contributed by atoms with Crippen molar-refractivity contribution in [2.45, 2.75) is 0 Å². The minimum atomic E-state index is -0.854. The van der Waals surface area contributed by atoms with Crippen LogP contribution in [-0.4, -0.2) is 13.2 Å². The lowest BCUT2D eigenvalue weighted by molar-refractivity contribution is 0.215. The maximum absolute atomic E-state index is 12.0. The summed E-state index contributed by atoms with van der Waals surface area (Å²) in [6, 6.07) is 6.77. The van der Waals surface area contributed by atoms with Gasteiger partial charge in [-0.2, -0.15) is 0 Å². The highest BCUT2D eigenvalue weighted by molar-refractivity contribution is 6.55. The maximum Gasteiger partial charge on any atom is 0.417 e. The van der Waals surface area contributed by atoms with Crippen LogP contribution in [0.3, 0.4) is 0 Å². The van der Waals surface area contributed by atoms with E-state index in [1.807, 2.05) is 0 Å². The monoisotopic (exact) mass is 413 g/mol. The van der Waals surface area contributed by atoms with Gasteiger partial charge in [-0.1, -0.05) is 70.1 Å². The zero-order valence-electron chi connectivity index (χ0n) is 11.4. The zero-order valence-corrected chi connectivity index (χ0v) is 15.2. The van der Waals surface area contributed by atoms with E-state index in [0.717, 1.165) is 0 Å². The second-order valence-corrected chi connectivity index (χ2v) is 6.00. The number of para-hydroxylation sites is 2. The number of rotatable bonds is 3. The molecule has 0 unspecified atom stereocenters. The van der Waals surface area contributed by atoms with Crippen LogP contribution in [0.5, 0.6) is 11.5 Å². The molecule has 0 radical (unpaired) electrons. The van der Waals surface area contributed by atoms with Gasteiger partial charge in [-0.15, -0.1) is 0 Å². The molecule has 0 spiro atoms. The fourth-order valence-corrected chi connectivity index (χ4v) is 2.85. The van der Waals surface area contributed by atoms with E-state index in [4.69, 9.17) is 67.5 Å². The van der Waals surface area contributed by atoms with Crippen LogP contribution >= 0.6 is 58.0 Å². The first-order valence-electron chi connectivity index (χ1n) is 6.00. The van der Waals surface area contributed by atoms with Crippen molar-refractivity contribution in [2.75, 3.05) is 12.4 Å². The molecule has 1 amide bonds. The Balaban J connectivity index is 2.28. The minimum Gasteiger partial charge on any atom is -0.495 e. The molecule has 4 nitrogen and oxygen atoms in total. The summed E-state index contributed by atoms with van der Waals surface area (Å²) in [4.78, 5) is 12.0. The highest BCUT2D eigenvalue weighted by Crippen LogP contribution is 2.48. The van der Waals surface area contributed by atoms with E-state index in [9.17, 15) is 4.79 Å². The van der Waals surface area contributed by atoms with Gasteiger partial charge >= 0.3 is 6.09 Å². The topological polar surface area (TPSA) is 47.6 Å². The first kappa shape index (κ1) is 18.3. The van der Waals surface area contributed by atoms with Gasteiger partial charge in [0.25, 0.3) is 0 Å². The Kier molecular flexibility index (Phi) is 6.12. The summed E-state index contributed by atoms with van der Waals surface area (Å²) in [7, 11) is 1.47. The third-order valence-corrected chi connectivity index (χ3v) is 4.95. The van der Waals surface area contributed by atoms with Crippen molar-refractivity contribution in [1.82, 2.24) is 0 Å². The van der Waals surface area contributed by atoms with Gasteiger partial charge in [0, 0.05) is 0 Å². The zero-order chi connectivity index (χ0) is 17.1. The Labute approximate surface area is 157 Å². The van der Waals surface area contributed by atoms with Crippen molar-refractivity contribution in [3.63, 3.8) is 0 Å². The summed E-state index contributed by atoms with van der Waals surface area (Å²) in [5.41, 5.74) is 0.401. The number of amides is 1. The van der Waals surface area contributed by atoms with Crippen LogP contribution in [0.2, 0.25) is 25.1 Å². The molecular weight excluding hydrogens is 407 g/mol. The number of carbonyl (C=O) groups excluding carboxylic acids is 1. The van der Waals surface area contributed by atoms with Crippen LogP contribution in [-0.2, 0) is 0 Å². The van der Waals surface area contributed by atoms with Crippen LogP contribution in [0.15, 0.2) is 24.3 Å². The molecule has 0 atom stereocenters. The number of ether oxygens (including phenoxy) is 2. The molecular formula is C14H8Cl5NO3. The Morgan fingerprint density at radius 3 is 2.00 bits per heavy atom. The van der Waals surface area contributed by atoms with Crippen molar-refractivity contribution in [1.29, 1.82) is 0 Å². The summed E-state index contributed by atoms with van der Waals surface area (Å²) in [5.74, 6) is 0.258. The van der Waals surface area contributed by atoms with Gasteiger partial charge in [0.1, 0.15) is 15.8 Å². The van der Waals surface area contributed by atoms with Gasteiger partial charge in [-0.25, -0.2) is 4.79 Å². The average Bonchev–Trinajstić information content (AvgIpc) is 2.55. The lowest BCUT2D eigenvalue weighted by atomic mass is 10.3. The first-order chi connectivity index (χ1) is 10.9. The lowest BCUT2D eigenvalue weighted by Crippen LogP contribution is -2.17. The van der Waals surface area contributed by atoms with Gasteiger partial charge in [-0.3, -0.25) is 5.32 Å². The molecule has 0 aromatic heterocycles. The van der Waals surface area contributed by atoms with Gasteiger partial charge in [-0.05, 0) is 12.1 Å². The van der Waals surface area contributed by atoms with E-state index < -0.39 is 6.09 Å². The smallest absolute Gasteiger partial charge is 0.417 e. The van der Waals surface area contributed by atoms with Crippen LogP contribution < -0.4 is 14.8 Å². The van der Waals surface area contributed by atoms with E-state index >= 15 is 0 Å². The largest absolute Gasteiger partial charge is 0.495 e. The molecule has 0 fully saturated rings. The van der Waals surface area contributed by atoms with Crippen LogP contribution in [0.25, 0.3) is 0 Å². The van der Waals surface area contributed by atoms with Crippen LogP contribution in [0.4, 0.5) is 10.5 Å². The molecule has 1 N–H and O–H groups in total. The molecule has 9 heteroatoms. The molecule has 0 bridgehead atoms. The normalized spacial score (nSPS) is 10.3. The number of carbonyl (C=O) groups is 1. The number of benzene rings is 2. The van der Waals surface area contributed by atoms with E-state index in [2.05, 4.69) is 5.32 Å². The van der Waals surface area contributed by atoms with Gasteiger partial charge in [0.05, 0.1) is 27.9 Å². The van der Waals surface area contributed by atoms with Crippen molar-refractivity contribution in [2.24, 2.45) is 0 Å². The number of nitrogens with one attached hydrogen (secondary N) is 1. The van der Waals surface area contributed by atoms with E-state index in [0.29, 0.717) is 11.4 Å². The van der Waals surface area contributed by atoms with E-state index in [-0.39, 0.29) is 30.9 Å². The van der Waals surface area contributed by atoms with Gasteiger partial charge in [0.2, 0.25) is 0 Å². The predicted octanol–water partition coefficient (Wildman–Crippen LogP) is 6.57.